The summed E-state index contributed by atoms with van der Waals surface area (Å²) in [5, 5.41) is 0. The second-order valence-corrected chi connectivity index (χ2v) is 4.72. The van der Waals surface area contributed by atoms with E-state index in [1.807, 2.05) is 60.7 Å². The Morgan fingerprint density at radius 1 is 0.950 bits per heavy atom. The molecule has 0 radical (unpaired) electrons. The van der Waals surface area contributed by atoms with Gasteiger partial charge in [0.15, 0.2) is 0 Å². The molecule has 1 atom stereocenters. The molecule has 1 unspecified atom stereocenters. The molecule has 2 rings (SSSR count). The highest BCUT2D eigenvalue weighted by Gasteiger charge is 2.14. The quantitative estimate of drug-likeness (QED) is 0.820. The molecule has 2 aromatic carbocycles. The van der Waals surface area contributed by atoms with Gasteiger partial charge in [-0.1, -0.05) is 60.7 Å². The Bertz CT molecular complexity index is 525. The van der Waals surface area contributed by atoms with Crippen molar-refractivity contribution in [3.63, 3.8) is 0 Å². The summed E-state index contributed by atoms with van der Waals surface area (Å²) in [6.45, 7) is 0.276. The molecule has 2 aromatic rings. The van der Waals surface area contributed by atoms with Gasteiger partial charge >= 0.3 is 5.97 Å². The highest BCUT2D eigenvalue weighted by Crippen LogP contribution is 2.06. The summed E-state index contributed by atoms with van der Waals surface area (Å²) in [7, 11) is 0. The number of carbonyl (C=O) groups excluding carboxylic acids is 1. The van der Waals surface area contributed by atoms with Gasteiger partial charge in [-0.25, -0.2) is 0 Å². The minimum atomic E-state index is -0.570. The molecule has 2 N–H and O–H groups in total. The Balaban J connectivity index is 1.75. The number of esters is 1. The molecular formula is C17H19NO2. The van der Waals surface area contributed by atoms with Crippen LogP contribution < -0.4 is 5.73 Å². The molecule has 104 valence electrons. The van der Waals surface area contributed by atoms with Gasteiger partial charge in [-0.2, -0.15) is 0 Å². The average molecular weight is 269 g/mol. The Morgan fingerprint density at radius 2 is 1.50 bits per heavy atom. The van der Waals surface area contributed by atoms with Crippen molar-refractivity contribution in [2.45, 2.75) is 25.5 Å². The number of ether oxygens (including phenoxy) is 1. The summed E-state index contributed by atoms with van der Waals surface area (Å²) in [6, 6.07) is 19.0. The maximum atomic E-state index is 11.8. The Morgan fingerprint density at radius 3 is 2.10 bits per heavy atom. The highest BCUT2D eigenvalue weighted by atomic mass is 16.5. The lowest BCUT2D eigenvalue weighted by Gasteiger charge is -2.11. The normalized spacial score (nSPS) is 11.8. The first-order valence-corrected chi connectivity index (χ1v) is 6.76. The van der Waals surface area contributed by atoms with Gasteiger partial charge in [-0.3, -0.25) is 4.79 Å². The molecule has 0 bridgehead atoms. The second-order valence-electron chi connectivity index (χ2n) is 4.72. The summed E-state index contributed by atoms with van der Waals surface area (Å²) < 4.78 is 5.21. The Labute approximate surface area is 119 Å². The molecule has 0 spiro atoms. The van der Waals surface area contributed by atoms with Crippen LogP contribution in [0.5, 0.6) is 0 Å². The maximum Gasteiger partial charge on any atom is 0.323 e. The summed E-state index contributed by atoms with van der Waals surface area (Å²) in [4.78, 5) is 11.8. The van der Waals surface area contributed by atoms with E-state index in [0.29, 0.717) is 6.42 Å². The van der Waals surface area contributed by atoms with Crippen LogP contribution in [0.1, 0.15) is 17.5 Å². The summed E-state index contributed by atoms with van der Waals surface area (Å²) in [5.74, 6) is -0.343. The van der Waals surface area contributed by atoms with Crippen LogP contribution in [-0.4, -0.2) is 12.0 Å². The Kier molecular flexibility index (Phi) is 5.33. The number of benzene rings is 2. The Hall–Kier alpha value is -2.13. The summed E-state index contributed by atoms with van der Waals surface area (Å²) in [5.41, 5.74) is 8.00. The molecule has 0 saturated carbocycles. The molecule has 0 saturated heterocycles. The van der Waals surface area contributed by atoms with E-state index in [-0.39, 0.29) is 12.6 Å². The minimum absolute atomic E-state index is 0.276. The fourth-order valence-corrected chi connectivity index (χ4v) is 1.92. The first-order valence-electron chi connectivity index (χ1n) is 6.76. The van der Waals surface area contributed by atoms with Crippen molar-refractivity contribution in [2.75, 3.05) is 0 Å². The zero-order valence-electron chi connectivity index (χ0n) is 11.4. The second kappa shape index (κ2) is 7.46. The third kappa shape index (κ3) is 4.52. The topological polar surface area (TPSA) is 52.3 Å². The third-order valence-electron chi connectivity index (χ3n) is 3.11. The lowest BCUT2D eigenvalue weighted by Crippen LogP contribution is -2.32. The van der Waals surface area contributed by atoms with E-state index < -0.39 is 6.04 Å². The molecule has 0 aliphatic heterocycles. The SMILES string of the molecule is NC(CCc1ccccc1)C(=O)OCc1ccccc1. The van der Waals surface area contributed by atoms with Crippen LogP contribution in [0.25, 0.3) is 0 Å². The van der Waals surface area contributed by atoms with Gasteiger partial charge in [0.2, 0.25) is 0 Å². The molecule has 0 heterocycles. The van der Waals surface area contributed by atoms with Gasteiger partial charge in [-0.15, -0.1) is 0 Å². The van der Waals surface area contributed by atoms with Gasteiger partial charge in [0.05, 0.1) is 0 Å². The molecule has 0 aromatic heterocycles. The number of aryl methyl sites for hydroxylation is 1. The summed E-state index contributed by atoms with van der Waals surface area (Å²) in [6.07, 6.45) is 1.38. The molecule has 0 aliphatic carbocycles. The van der Waals surface area contributed by atoms with Gasteiger partial charge < -0.3 is 10.5 Å². The maximum absolute atomic E-state index is 11.8. The average Bonchev–Trinajstić information content (AvgIpc) is 2.52. The number of nitrogens with two attached hydrogens (primary N) is 1. The van der Waals surface area contributed by atoms with Crippen molar-refractivity contribution in [2.24, 2.45) is 5.73 Å². The zero-order valence-corrected chi connectivity index (χ0v) is 11.4. The van der Waals surface area contributed by atoms with Crippen molar-refractivity contribution < 1.29 is 9.53 Å². The van der Waals surface area contributed by atoms with Gasteiger partial charge in [-0.05, 0) is 24.0 Å². The first kappa shape index (κ1) is 14.3. The number of rotatable bonds is 6. The van der Waals surface area contributed by atoms with Crippen LogP contribution in [0, 0.1) is 0 Å². The van der Waals surface area contributed by atoms with E-state index in [1.54, 1.807) is 0 Å². The highest BCUT2D eigenvalue weighted by molar-refractivity contribution is 5.75. The number of hydrogen-bond acceptors (Lipinski definition) is 3. The van der Waals surface area contributed by atoms with Gasteiger partial charge in [0.25, 0.3) is 0 Å². The predicted molar refractivity (Wildman–Crippen MR) is 79.0 cm³/mol. The number of hydrogen-bond donors (Lipinski definition) is 1. The van der Waals surface area contributed by atoms with E-state index in [0.717, 1.165) is 12.0 Å². The monoisotopic (exact) mass is 269 g/mol. The van der Waals surface area contributed by atoms with Crippen molar-refractivity contribution >= 4 is 5.97 Å². The molecule has 20 heavy (non-hydrogen) atoms. The molecule has 0 amide bonds. The molecular weight excluding hydrogens is 250 g/mol. The van der Waals surface area contributed by atoms with Crippen LogP contribution in [0.3, 0.4) is 0 Å². The number of carbonyl (C=O) groups is 1. The zero-order chi connectivity index (χ0) is 14.2. The fourth-order valence-electron chi connectivity index (χ4n) is 1.92. The van der Waals surface area contributed by atoms with Crippen LogP contribution in [0.2, 0.25) is 0 Å². The molecule has 3 heteroatoms. The first-order chi connectivity index (χ1) is 9.75. The molecule has 0 fully saturated rings. The summed E-state index contributed by atoms with van der Waals surface area (Å²) >= 11 is 0. The van der Waals surface area contributed by atoms with Crippen molar-refractivity contribution in [3.8, 4) is 0 Å². The predicted octanol–water partition coefficient (Wildman–Crippen LogP) is 2.69. The lowest BCUT2D eigenvalue weighted by atomic mass is 10.1. The van der Waals surface area contributed by atoms with E-state index in [1.165, 1.54) is 5.56 Å². The van der Waals surface area contributed by atoms with E-state index in [4.69, 9.17) is 10.5 Å². The van der Waals surface area contributed by atoms with Crippen LogP contribution in [0.4, 0.5) is 0 Å². The smallest absolute Gasteiger partial charge is 0.323 e. The van der Waals surface area contributed by atoms with Gasteiger partial charge in [0, 0.05) is 0 Å². The van der Waals surface area contributed by atoms with Crippen LogP contribution in [0.15, 0.2) is 60.7 Å². The van der Waals surface area contributed by atoms with E-state index in [9.17, 15) is 4.79 Å². The van der Waals surface area contributed by atoms with Crippen LogP contribution >= 0.6 is 0 Å². The van der Waals surface area contributed by atoms with Crippen molar-refractivity contribution in [1.29, 1.82) is 0 Å². The lowest BCUT2D eigenvalue weighted by molar-refractivity contribution is -0.146. The molecule has 3 nitrogen and oxygen atoms in total. The van der Waals surface area contributed by atoms with Gasteiger partial charge in [0.1, 0.15) is 12.6 Å². The van der Waals surface area contributed by atoms with Crippen LogP contribution in [-0.2, 0) is 22.6 Å². The molecule has 0 aliphatic rings. The van der Waals surface area contributed by atoms with Crippen molar-refractivity contribution in [3.05, 3.63) is 71.8 Å². The van der Waals surface area contributed by atoms with E-state index in [2.05, 4.69) is 0 Å². The van der Waals surface area contributed by atoms with E-state index >= 15 is 0 Å². The van der Waals surface area contributed by atoms with Crippen molar-refractivity contribution in [1.82, 2.24) is 0 Å². The largest absolute Gasteiger partial charge is 0.460 e. The standard InChI is InChI=1S/C17H19NO2/c18-16(12-11-14-7-3-1-4-8-14)17(19)20-13-15-9-5-2-6-10-15/h1-10,16H,11-13,18H2. The minimum Gasteiger partial charge on any atom is -0.460 e. The third-order valence-corrected chi connectivity index (χ3v) is 3.11. The fraction of sp³-hybridized carbons (Fsp3) is 0.235.